The molecule has 2 aromatic heterocycles. The number of carbonyl (C=O) groups is 4. The third-order valence-electron chi connectivity index (χ3n) is 9.47. The molecule has 5 N–H and O–H groups in total. The van der Waals surface area contributed by atoms with Crippen molar-refractivity contribution in [3.63, 3.8) is 0 Å². The number of aliphatic carboxylic acids is 1. The lowest BCUT2D eigenvalue weighted by Crippen LogP contribution is -2.70. The molecule has 2 amide bonds. The van der Waals surface area contributed by atoms with E-state index < -0.39 is 63.0 Å². The Morgan fingerprint density at radius 2 is 1.81 bits per heavy atom. The van der Waals surface area contributed by atoms with E-state index in [1.54, 1.807) is 4.90 Å². The zero-order valence-corrected chi connectivity index (χ0v) is 31.3. The number of β-lactam (4-membered cyclic amide) rings is 1. The zero-order valence-electron chi connectivity index (χ0n) is 28.0. The Morgan fingerprint density at radius 3 is 2.45 bits per heavy atom. The maximum absolute atomic E-state index is 16.5. The largest absolute Gasteiger partial charge is 0.477 e. The van der Waals surface area contributed by atoms with Crippen LogP contribution in [0, 0.1) is 11.6 Å². The van der Waals surface area contributed by atoms with Crippen LogP contribution in [0.15, 0.2) is 39.8 Å². The fourth-order valence-corrected chi connectivity index (χ4v) is 9.71. The van der Waals surface area contributed by atoms with E-state index in [4.69, 9.17) is 12.2 Å². The van der Waals surface area contributed by atoms with Crippen LogP contribution in [-0.4, -0.2) is 109 Å². The fourth-order valence-electron chi connectivity index (χ4n) is 6.64. The summed E-state index contributed by atoms with van der Waals surface area (Å²) in [5.41, 5.74) is 2.71. The molecule has 0 spiro atoms. The van der Waals surface area contributed by atoms with E-state index >= 15 is 8.78 Å². The minimum absolute atomic E-state index is 0.00190. The molecule has 53 heavy (non-hydrogen) atoms. The second-order valence-electron chi connectivity index (χ2n) is 13.0. The normalized spacial score (nSPS) is 20.2. The van der Waals surface area contributed by atoms with Gasteiger partial charge in [0.05, 0.1) is 17.3 Å². The van der Waals surface area contributed by atoms with Crippen LogP contribution in [0.3, 0.4) is 0 Å². The Morgan fingerprint density at radius 1 is 1.08 bits per heavy atom. The maximum Gasteiger partial charge on any atom is 0.352 e. The highest BCUT2D eigenvalue weighted by atomic mass is 32.2. The van der Waals surface area contributed by atoms with E-state index in [9.17, 15) is 34.2 Å². The molecule has 0 radical (unpaired) electrons. The molecule has 0 bridgehead atoms. The first-order chi connectivity index (χ1) is 25.3. The Labute approximate surface area is 318 Å². The second-order valence-corrected chi connectivity index (χ2v) is 16.8. The monoisotopic (exact) mass is 805 g/mol. The lowest BCUT2D eigenvalue weighted by atomic mass is 10.0. The van der Waals surface area contributed by atoms with Gasteiger partial charge in [-0.15, -0.1) is 23.1 Å². The highest BCUT2D eigenvalue weighted by Gasteiger charge is 2.54. The molecule has 14 nitrogen and oxygen atoms in total. The topological polar surface area (TPSA) is 177 Å². The number of anilines is 2. The number of piperazine rings is 1. The van der Waals surface area contributed by atoms with E-state index in [0.29, 0.717) is 44.6 Å². The molecule has 5 heterocycles. The Hall–Kier alpha value is -4.24. The molecule has 1 saturated carbocycles. The third kappa shape index (κ3) is 7.09. The number of nitrogens with one attached hydrogen (secondary N) is 3. The number of hydrogen-bond donors (Lipinski definition) is 5. The quantitative estimate of drug-likeness (QED) is 0.109. The van der Waals surface area contributed by atoms with Crippen LogP contribution >= 0.6 is 47.1 Å². The van der Waals surface area contributed by atoms with Gasteiger partial charge in [-0.1, -0.05) is 30.0 Å². The fraction of sp³-hybridized carbons (Fsp3) is 0.394. The molecule has 1 aromatic carbocycles. The highest BCUT2D eigenvalue weighted by Crippen LogP contribution is 2.43. The number of aromatic carboxylic acids is 1. The van der Waals surface area contributed by atoms with Crippen LogP contribution in [0.4, 0.5) is 20.2 Å². The Bertz CT molecular complexity index is 2140. The number of likely N-dealkylation sites (N-methyl/N-ethyl adjacent to an activating group) is 1. The van der Waals surface area contributed by atoms with Crippen molar-refractivity contribution in [1.29, 1.82) is 0 Å². The molecule has 3 aliphatic heterocycles. The summed E-state index contributed by atoms with van der Waals surface area (Å²) in [6.45, 7) is 1.68. The number of benzene rings is 1. The van der Waals surface area contributed by atoms with Crippen molar-refractivity contribution >= 4 is 97.4 Å². The SMILES string of the molecule is CN1CCN(c2c(F)c(NNC(=S)SCC3=C(C(=O)O)N4C(=O)[C@@H](NC(=O)Cc5cccs5)[C@H]4SC3)c3c(=O)c(C(=O)O)cn(C4CC4)c3c2F)CC1. The van der Waals surface area contributed by atoms with Crippen LogP contribution in [0.2, 0.25) is 0 Å². The van der Waals surface area contributed by atoms with Gasteiger partial charge in [-0.25, -0.2) is 18.4 Å². The van der Waals surface area contributed by atoms with Gasteiger partial charge in [0.15, 0.2) is 16.0 Å². The number of aromatic nitrogens is 1. The molecule has 20 heteroatoms. The van der Waals surface area contributed by atoms with Gasteiger partial charge in [0.2, 0.25) is 11.3 Å². The van der Waals surface area contributed by atoms with E-state index in [0.717, 1.165) is 27.7 Å². The summed E-state index contributed by atoms with van der Waals surface area (Å²) in [5, 5.41) is 23.4. The van der Waals surface area contributed by atoms with Crippen molar-refractivity contribution in [2.45, 2.75) is 36.7 Å². The number of carboxylic acid groups (broad SMARTS) is 2. The number of thioether (sulfide) groups is 2. The molecular weight excluding hydrogens is 773 g/mol. The molecular formula is C33H33F2N7O7S4. The van der Waals surface area contributed by atoms with Gasteiger partial charge in [-0.3, -0.25) is 30.1 Å². The number of carboxylic acids is 2. The van der Waals surface area contributed by atoms with Crippen LogP contribution in [0.5, 0.6) is 0 Å². The molecule has 0 unspecified atom stereocenters. The van der Waals surface area contributed by atoms with E-state index in [2.05, 4.69) is 16.2 Å². The van der Waals surface area contributed by atoms with Gasteiger partial charge in [-0.2, -0.15) is 0 Å². The lowest BCUT2D eigenvalue weighted by Gasteiger charge is -2.49. The van der Waals surface area contributed by atoms with E-state index in [1.165, 1.54) is 27.7 Å². The van der Waals surface area contributed by atoms with Crippen molar-refractivity contribution in [2.75, 3.05) is 55.1 Å². The summed E-state index contributed by atoms with van der Waals surface area (Å²) in [7, 11) is 1.89. The third-order valence-corrected chi connectivity index (χ3v) is 13.0. The van der Waals surface area contributed by atoms with Crippen LogP contribution < -0.4 is 26.5 Å². The molecule has 2 saturated heterocycles. The van der Waals surface area contributed by atoms with E-state index in [1.807, 2.05) is 29.5 Å². The predicted molar refractivity (Wildman–Crippen MR) is 203 cm³/mol. The standard InChI is InChI=1S/C33H33F2N7O7S4/c1-39-6-8-40(9-7-39)27-21(34)23(20-26(22(27)35)41(16-4-5-16)12-18(28(20)44)31(46)47)37-38-33(50)53-14-15-13-52-30-24(29(45)42(30)25(15)32(48)49)36-19(43)11-17-3-2-10-51-17/h2-3,10,12,16,24,30,37H,4-9,11,13-14H2,1H3,(H,36,43)(H,38,50)(H,46,47)(H,48,49)/t24-,30-/m1/s1. The average Bonchev–Trinajstić information content (AvgIpc) is 3.85. The number of fused-ring (bicyclic) bond motifs is 2. The summed E-state index contributed by atoms with van der Waals surface area (Å²) >= 11 is 9.15. The summed E-state index contributed by atoms with van der Waals surface area (Å²) in [5.74, 6) is -5.57. The Kier molecular flexibility index (Phi) is 10.4. The number of halogens is 2. The van der Waals surface area contributed by atoms with Gasteiger partial charge in [0.25, 0.3) is 5.91 Å². The maximum atomic E-state index is 16.5. The van der Waals surface area contributed by atoms with E-state index in [-0.39, 0.29) is 51.1 Å². The minimum atomic E-state index is -1.54. The number of thiophene rings is 1. The van der Waals surface area contributed by atoms with Crippen molar-refractivity contribution in [2.24, 2.45) is 0 Å². The summed E-state index contributed by atoms with van der Waals surface area (Å²) in [6, 6.07) is 2.49. The molecule has 2 atom stereocenters. The van der Waals surface area contributed by atoms with Gasteiger partial charge in [0, 0.05) is 54.8 Å². The molecule has 3 fully saturated rings. The smallest absolute Gasteiger partial charge is 0.352 e. The van der Waals surface area contributed by atoms with Crippen molar-refractivity contribution < 1.29 is 38.2 Å². The Balaban J connectivity index is 1.11. The molecule has 3 aromatic rings. The second kappa shape index (κ2) is 14.9. The number of pyridine rings is 1. The van der Waals surface area contributed by atoms with Gasteiger partial charge in [0.1, 0.15) is 34.1 Å². The number of rotatable bonds is 11. The number of amides is 2. The first-order valence-electron chi connectivity index (χ1n) is 16.5. The molecule has 280 valence electrons. The van der Waals surface area contributed by atoms with Crippen LogP contribution in [0.25, 0.3) is 10.9 Å². The number of thiocarbonyl (C=S) groups is 1. The lowest BCUT2D eigenvalue weighted by molar-refractivity contribution is -0.150. The van der Waals surface area contributed by atoms with Crippen LogP contribution in [-0.2, 0) is 20.8 Å². The molecule has 7 rings (SSSR count). The number of carbonyl (C=O) groups excluding carboxylic acids is 2. The van der Waals surface area contributed by atoms with Gasteiger partial charge < -0.3 is 29.9 Å². The molecule has 4 aliphatic rings. The van der Waals surface area contributed by atoms with Crippen molar-refractivity contribution in [1.82, 2.24) is 25.1 Å². The number of hydrazine groups is 1. The molecule has 1 aliphatic carbocycles. The average molecular weight is 806 g/mol. The first-order valence-corrected chi connectivity index (χ1v) is 19.8. The van der Waals surface area contributed by atoms with Gasteiger partial charge >= 0.3 is 11.9 Å². The summed E-state index contributed by atoms with van der Waals surface area (Å²) < 4.78 is 34.4. The first kappa shape index (κ1) is 37.1. The highest BCUT2D eigenvalue weighted by molar-refractivity contribution is 8.23. The van der Waals surface area contributed by atoms with Crippen molar-refractivity contribution in [3.05, 3.63) is 67.3 Å². The van der Waals surface area contributed by atoms with Crippen molar-refractivity contribution in [3.8, 4) is 0 Å². The zero-order chi connectivity index (χ0) is 37.7. The predicted octanol–water partition coefficient (Wildman–Crippen LogP) is 3.04. The summed E-state index contributed by atoms with van der Waals surface area (Å²) in [4.78, 5) is 69.2. The van der Waals surface area contributed by atoms with Crippen LogP contribution in [0.1, 0.15) is 34.1 Å². The minimum Gasteiger partial charge on any atom is -0.477 e. The number of hydrogen-bond acceptors (Lipinski definition) is 12. The van der Waals surface area contributed by atoms with Gasteiger partial charge in [-0.05, 0) is 36.9 Å². The summed E-state index contributed by atoms with van der Waals surface area (Å²) in [6.07, 6.45) is 2.47. The number of nitrogens with zero attached hydrogens (tertiary/aromatic N) is 4.